The van der Waals surface area contributed by atoms with Gasteiger partial charge in [0.05, 0.1) is 24.0 Å². The number of hydrogen-bond acceptors (Lipinski definition) is 5. The molecule has 21 heavy (non-hydrogen) atoms. The minimum absolute atomic E-state index is 0.179. The van der Waals surface area contributed by atoms with Crippen molar-refractivity contribution in [2.24, 2.45) is 0 Å². The Hall–Kier alpha value is -2.24. The molecule has 1 aromatic rings. The van der Waals surface area contributed by atoms with Crippen LogP contribution in [-0.2, 0) is 9.53 Å². The van der Waals surface area contributed by atoms with Gasteiger partial charge in [-0.25, -0.2) is 4.79 Å². The molecule has 0 aliphatic rings. The maximum absolute atomic E-state index is 12.1. The van der Waals surface area contributed by atoms with Gasteiger partial charge >= 0.3 is 5.97 Å². The first-order valence-corrected chi connectivity index (χ1v) is 6.71. The predicted octanol–water partition coefficient (Wildman–Crippen LogP) is 1.77. The second kappa shape index (κ2) is 6.47. The van der Waals surface area contributed by atoms with Crippen molar-refractivity contribution < 1.29 is 14.3 Å². The van der Waals surface area contributed by atoms with Crippen molar-refractivity contribution in [2.75, 3.05) is 18.2 Å². The third-order valence-corrected chi connectivity index (χ3v) is 2.75. The number of carbonyl (C=O) groups is 2. The number of benzene rings is 1. The van der Waals surface area contributed by atoms with E-state index in [1.54, 1.807) is 25.1 Å². The van der Waals surface area contributed by atoms with Crippen molar-refractivity contribution in [1.29, 1.82) is 0 Å². The molecule has 0 aliphatic carbocycles. The summed E-state index contributed by atoms with van der Waals surface area (Å²) < 4.78 is 4.72. The highest BCUT2D eigenvalue weighted by Gasteiger charge is 2.22. The van der Waals surface area contributed by atoms with E-state index in [1.807, 2.05) is 20.8 Å². The first kappa shape index (κ1) is 16.8. The normalized spacial score (nSPS) is 12.4. The minimum atomic E-state index is -0.544. The number of anilines is 2. The van der Waals surface area contributed by atoms with Crippen LogP contribution in [-0.4, -0.2) is 30.6 Å². The van der Waals surface area contributed by atoms with E-state index >= 15 is 0 Å². The number of rotatable bonds is 4. The number of esters is 1. The second-order valence-corrected chi connectivity index (χ2v) is 5.87. The number of carbonyl (C=O) groups excluding carboxylic acids is 2. The SMILES string of the molecule is COC(=O)c1cccc(N)c1NC(C)C(=O)NC(C)(C)C. The number of nitrogens with one attached hydrogen (secondary N) is 2. The molecule has 0 fully saturated rings. The van der Waals surface area contributed by atoms with Gasteiger partial charge in [-0.05, 0) is 39.8 Å². The summed E-state index contributed by atoms with van der Waals surface area (Å²) in [4.78, 5) is 23.8. The molecular weight excluding hydrogens is 270 g/mol. The molecule has 0 spiro atoms. The summed E-state index contributed by atoms with van der Waals surface area (Å²) in [6, 6.07) is 4.37. The molecule has 6 heteroatoms. The number of ether oxygens (including phenoxy) is 1. The molecule has 4 N–H and O–H groups in total. The van der Waals surface area contributed by atoms with Gasteiger partial charge in [0, 0.05) is 5.54 Å². The van der Waals surface area contributed by atoms with Gasteiger partial charge in [-0.1, -0.05) is 6.07 Å². The first-order chi connectivity index (χ1) is 9.65. The van der Waals surface area contributed by atoms with Crippen LogP contribution in [0.3, 0.4) is 0 Å². The van der Waals surface area contributed by atoms with Gasteiger partial charge in [0.15, 0.2) is 0 Å². The van der Waals surface area contributed by atoms with Gasteiger partial charge in [-0.15, -0.1) is 0 Å². The van der Waals surface area contributed by atoms with E-state index in [9.17, 15) is 9.59 Å². The van der Waals surface area contributed by atoms with Crippen molar-refractivity contribution in [1.82, 2.24) is 5.32 Å². The van der Waals surface area contributed by atoms with Crippen molar-refractivity contribution in [3.05, 3.63) is 23.8 Å². The lowest BCUT2D eigenvalue weighted by molar-refractivity contribution is -0.122. The Kier molecular flexibility index (Phi) is 5.18. The molecule has 0 saturated heterocycles. The van der Waals surface area contributed by atoms with Crippen molar-refractivity contribution in [3.63, 3.8) is 0 Å². The van der Waals surface area contributed by atoms with Crippen LogP contribution in [0.5, 0.6) is 0 Å². The maximum Gasteiger partial charge on any atom is 0.340 e. The quantitative estimate of drug-likeness (QED) is 0.581. The molecule has 116 valence electrons. The number of nitrogen functional groups attached to an aromatic ring is 1. The molecule has 1 amide bonds. The van der Waals surface area contributed by atoms with Crippen LogP contribution in [0.15, 0.2) is 18.2 Å². The largest absolute Gasteiger partial charge is 0.465 e. The topological polar surface area (TPSA) is 93.4 Å². The highest BCUT2D eigenvalue weighted by atomic mass is 16.5. The fraction of sp³-hybridized carbons (Fsp3) is 0.467. The van der Waals surface area contributed by atoms with Crippen LogP contribution in [0.4, 0.5) is 11.4 Å². The monoisotopic (exact) mass is 293 g/mol. The van der Waals surface area contributed by atoms with Gasteiger partial charge in [0.25, 0.3) is 0 Å². The number of amides is 1. The number of hydrogen-bond donors (Lipinski definition) is 3. The molecule has 0 aliphatic heterocycles. The fourth-order valence-corrected chi connectivity index (χ4v) is 1.77. The minimum Gasteiger partial charge on any atom is -0.465 e. The third kappa shape index (κ3) is 4.66. The third-order valence-electron chi connectivity index (χ3n) is 2.75. The fourth-order valence-electron chi connectivity index (χ4n) is 1.77. The van der Waals surface area contributed by atoms with Crippen molar-refractivity contribution in [2.45, 2.75) is 39.3 Å². The van der Waals surface area contributed by atoms with Gasteiger partial charge in [0.1, 0.15) is 6.04 Å². The number of nitrogens with two attached hydrogens (primary N) is 1. The zero-order chi connectivity index (χ0) is 16.2. The van der Waals surface area contributed by atoms with Crippen LogP contribution < -0.4 is 16.4 Å². The van der Waals surface area contributed by atoms with E-state index in [-0.39, 0.29) is 11.4 Å². The van der Waals surface area contributed by atoms with E-state index in [2.05, 4.69) is 10.6 Å². The molecule has 1 rings (SSSR count). The lowest BCUT2D eigenvalue weighted by Gasteiger charge is -2.25. The van der Waals surface area contributed by atoms with Crippen LogP contribution in [0.25, 0.3) is 0 Å². The summed E-state index contributed by atoms with van der Waals surface area (Å²) in [5, 5.41) is 5.84. The lowest BCUT2D eigenvalue weighted by atomic mass is 10.1. The van der Waals surface area contributed by atoms with E-state index in [0.29, 0.717) is 16.9 Å². The summed E-state index contributed by atoms with van der Waals surface area (Å²) in [5.41, 5.74) is 6.64. The maximum atomic E-state index is 12.1. The van der Waals surface area contributed by atoms with E-state index in [0.717, 1.165) is 0 Å². The average Bonchev–Trinajstić information content (AvgIpc) is 2.38. The zero-order valence-electron chi connectivity index (χ0n) is 13.1. The van der Waals surface area contributed by atoms with Crippen LogP contribution in [0, 0.1) is 0 Å². The predicted molar refractivity (Wildman–Crippen MR) is 83.2 cm³/mol. The van der Waals surface area contributed by atoms with Crippen LogP contribution in [0.1, 0.15) is 38.1 Å². The standard InChI is InChI=1S/C15H23N3O3/c1-9(13(19)18-15(2,3)4)17-12-10(14(20)21-5)7-6-8-11(12)16/h6-9,17H,16H2,1-5H3,(H,18,19). The van der Waals surface area contributed by atoms with E-state index in [4.69, 9.17) is 10.5 Å². The van der Waals surface area contributed by atoms with Crippen molar-refractivity contribution in [3.8, 4) is 0 Å². The Morgan fingerprint density at radius 2 is 1.90 bits per heavy atom. The smallest absolute Gasteiger partial charge is 0.340 e. The molecule has 0 bridgehead atoms. The molecule has 0 aromatic heterocycles. The Bertz CT molecular complexity index is 535. The molecule has 0 radical (unpaired) electrons. The first-order valence-electron chi connectivity index (χ1n) is 6.71. The molecule has 1 atom stereocenters. The van der Waals surface area contributed by atoms with E-state index < -0.39 is 12.0 Å². The van der Waals surface area contributed by atoms with Crippen molar-refractivity contribution >= 4 is 23.3 Å². The highest BCUT2D eigenvalue weighted by molar-refractivity contribution is 6.00. The average molecular weight is 293 g/mol. The summed E-state index contributed by atoms with van der Waals surface area (Å²) in [5.74, 6) is -0.685. The molecular formula is C15H23N3O3. The Balaban J connectivity index is 2.97. The summed E-state index contributed by atoms with van der Waals surface area (Å²) >= 11 is 0. The van der Waals surface area contributed by atoms with Gasteiger partial charge in [0.2, 0.25) is 5.91 Å². The Morgan fingerprint density at radius 1 is 1.29 bits per heavy atom. The van der Waals surface area contributed by atoms with Gasteiger partial charge in [-0.2, -0.15) is 0 Å². The number of methoxy groups -OCH3 is 1. The molecule has 6 nitrogen and oxygen atoms in total. The van der Waals surface area contributed by atoms with Crippen LogP contribution in [0.2, 0.25) is 0 Å². The number of para-hydroxylation sites is 1. The lowest BCUT2D eigenvalue weighted by Crippen LogP contribution is -2.47. The Labute approximate surface area is 125 Å². The zero-order valence-corrected chi connectivity index (χ0v) is 13.1. The molecule has 0 heterocycles. The van der Waals surface area contributed by atoms with E-state index in [1.165, 1.54) is 7.11 Å². The summed E-state index contributed by atoms with van der Waals surface area (Å²) in [7, 11) is 1.30. The molecule has 1 unspecified atom stereocenters. The molecule has 1 aromatic carbocycles. The summed E-state index contributed by atoms with van der Waals surface area (Å²) in [6.45, 7) is 7.39. The van der Waals surface area contributed by atoms with Gasteiger partial charge in [-0.3, -0.25) is 4.79 Å². The highest BCUT2D eigenvalue weighted by Crippen LogP contribution is 2.25. The Morgan fingerprint density at radius 3 is 2.43 bits per heavy atom. The molecule has 0 saturated carbocycles. The van der Waals surface area contributed by atoms with Gasteiger partial charge < -0.3 is 21.1 Å². The summed E-state index contributed by atoms with van der Waals surface area (Å²) in [6.07, 6.45) is 0. The second-order valence-electron chi connectivity index (χ2n) is 5.87. The van der Waals surface area contributed by atoms with Crippen LogP contribution >= 0.6 is 0 Å².